The predicted octanol–water partition coefficient (Wildman–Crippen LogP) is 2.04. The zero-order valence-electron chi connectivity index (χ0n) is 9.83. The fourth-order valence-corrected chi connectivity index (χ4v) is 3.22. The monoisotopic (exact) mass is 241 g/mol. The molecule has 2 aliphatic rings. The summed E-state index contributed by atoms with van der Waals surface area (Å²) in [5.41, 5.74) is 1.07. The highest BCUT2D eigenvalue weighted by Gasteiger charge is 2.23. The standard InChI is InChI=1S/C12H19NO2S/c1-16-12(13-6-8-15-9-7-13)10-4-2-3-5-11(10)14/h2-9H2,1H3/b12-10-. The second-order valence-corrected chi connectivity index (χ2v) is 5.01. The number of carbonyl (C=O) groups excluding carboxylic acids is 1. The number of hydrogen-bond donors (Lipinski definition) is 0. The lowest BCUT2D eigenvalue weighted by Crippen LogP contribution is -2.36. The van der Waals surface area contributed by atoms with Crippen LogP contribution < -0.4 is 0 Å². The van der Waals surface area contributed by atoms with E-state index in [2.05, 4.69) is 11.2 Å². The van der Waals surface area contributed by atoms with Crippen LogP contribution in [0.1, 0.15) is 25.7 Å². The molecule has 1 heterocycles. The molecule has 2 rings (SSSR count). The number of allylic oxidation sites excluding steroid dienone is 1. The summed E-state index contributed by atoms with van der Waals surface area (Å²) in [6.45, 7) is 3.41. The molecule has 0 unspecified atom stereocenters. The summed E-state index contributed by atoms with van der Waals surface area (Å²) in [6.07, 6.45) is 6.00. The molecule has 0 aromatic heterocycles. The molecule has 0 aromatic rings. The topological polar surface area (TPSA) is 29.5 Å². The Morgan fingerprint density at radius 1 is 1.25 bits per heavy atom. The average Bonchev–Trinajstić information content (AvgIpc) is 2.34. The summed E-state index contributed by atoms with van der Waals surface area (Å²) in [5, 5.41) is 1.20. The first kappa shape index (κ1) is 12.0. The first-order valence-corrected chi connectivity index (χ1v) is 7.18. The van der Waals surface area contributed by atoms with E-state index in [9.17, 15) is 4.79 Å². The van der Waals surface area contributed by atoms with E-state index in [-0.39, 0.29) is 0 Å². The highest BCUT2D eigenvalue weighted by Crippen LogP contribution is 2.30. The second kappa shape index (κ2) is 5.73. The van der Waals surface area contributed by atoms with Crippen molar-refractivity contribution in [1.82, 2.24) is 4.90 Å². The fraction of sp³-hybridized carbons (Fsp3) is 0.750. The van der Waals surface area contributed by atoms with Gasteiger partial charge >= 0.3 is 0 Å². The third-order valence-electron chi connectivity index (χ3n) is 3.17. The molecule has 0 atom stereocenters. The van der Waals surface area contributed by atoms with Gasteiger partial charge in [-0.2, -0.15) is 0 Å². The van der Waals surface area contributed by atoms with E-state index in [1.54, 1.807) is 11.8 Å². The van der Waals surface area contributed by atoms with Crippen LogP contribution in [0.2, 0.25) is 0 Å². The molecule has 0 bridgehead atoms. The van der Waals surface area contributed by atoms with Crippen LogP contribution in [-0.2, 0) is 9.53 Å². The Kier molecular flexibility index (Phi) is 4.29. The summed E-state index contributed by atoms with van der Waals surface area (Å²) in [4.78, 5) is 14.2. The maximum atomic E-state index is 11.9. The van der Waals surface area contributed by atoms with Gasteiger partial charge in [0.25, 0.3) is 0 Å². The molecule has 16 heavy (non-hydrogen) atoms. The van der Waals surface area contributed by atoms with E-state index in [4.69, 9.17) is 4.74 Å². The fourth-order valence-electron chi connectivity index (χ4n) is 2.31. The third-order valence-corrected chi connectivity index (χ3v) is 4.06. The molecule has 2 fully saturated rings. The molecule has 0 amide bonds. The lowest BCUT2D eigenvalue weighted by molar-refractivity contribution is -0.116. The number of nitrogens with zero attached hydrogens (tertiary/aromatic N) is 1. The smallest absolute Gasteiger partial charge is 0.161 e. The van der Waals surface area contributed by atoms with E-state index >= 15 is 0 Å². The third kappa shape index (κ3) is 2.61. The SMILES string of the molecule is CS/C(=C1/CCCCC1=O)N1CCOCC1. The lowest BCUT2D eigenvalue weighted by atomic mass is 9.94. The predicted molar refractivity (Wildman–Crippen MR) is 66.4 cm³/mol. The summed E-state index contributed by atoms with van der Waals surface area (Å²) < 4.78 is 5.35. The Morgan fingerprint density at radius 2 is 1.94 bits per heavy atom. The molecule has 0 N–H and O–H groups in total. The Balaban J connectivity index is 2.17. The molecule has 3 nitrogen and oxygen atoms in total. The van der Waals surface area contributed by atoms with Crippen LogP contribution in [0.5, 0.6) is 0 Å². The number of thioether (sulfide) groups is 1. The molecule has 0 radical (unpaired) electrons. The minimum absolute atomic E-state index is 0.363. The highest BCUT2D eigenvalue weighted by atomic mass is 32.2. The van der Waals surface area contributed by atoms with Crippen molar-refractivity contribution in [1.29, 1.82) is 0 Å². The van der Waals surface area contributed by atoms with Gasteiger partial charge in [0.2, 0.25) is 0 Å². The summed E-state index contributed by atoms with van der Waals surface area (Å²) in [5.74, 6) is 0.363. The quantitative estimate of drug-likeness (QED) is 0.692. The zero-order chi connectivity index (χ0) is 11.4. The van der Waals surface area contributed by atoms with Crippen LogP contribution in [0.4, 0.5) is 0 Å². The van der Waals surface area contributed by atoms with Gasteiger partial charge in [-0.05, 0) is 25.5 Å². The van der Waals surface area contributed by atoms with Gasteiger partial charge in [0.1, 0.15) is 0 Å². The molecule has 1 saturated carbocycles. The molecule has 1 aliphatic carbocycles. The minimum Gasteiger partial charge on any atom is -0.378 e. The number of rotatable bonds is 2. The normalized spacial score (nSPS) is 25.8. The van der Waals surface area contributed by atoms with Crippen molar-refractivity contribution in [3.63, 3.8) is 0 Å². The van der Waals surface area contributed by atoms with Gasteiger partial charge in [-0.25, -0.2) is 0 Å². The Bertz CT molecular complexity index is 295. The second-order valence-electron chi connectivity index (χ2n) is 4.22. The van der Waals surface area contributed by atoms with E-state index in [1.165, 1.54) is 5.03 Å². The molecular formula is C12H19NO2S. The number of morpholine rings is 1. The first-order chi connectivity index (χ1) is 7.83. The molecule has 90 valence electrons. The van der Waals surface area contributed by atoms with Crippen LogP contribution in [0.3, 0.4) is 0 Å². The number of Topliss-reactive ketones (excluding diaryl/α,β-unsaturated/α-hetero) is 1. The number of carbonyl (C=O) groups is 1. The number of ether oxygens (including phenoxy) is 1. The molecule has 0 spiro atoms. The van der Waals surface area contributed by atoms with E-state index < -0.39 is 0 Å². The lowest BCUT2D eigenvalue weighted by Gasteiger charge is -2.32. The van der Waals surface area contributed by atoms with E-state index in [1.807, 2.05) is 0 Å². The van der Waals surface area contributed by atoms with Crippen molar-refractivity contribution in [2.45, 2.75) is 25.7 Å². The maximum Gasteiger partial charge on any atom is 0.161 e. The summed E-state index contributed by atoms with van der Waals surface area (Å²) in [6, 6.07) is 0. The number of ketones is 1. The van der Waals surface area contributed by atoms with Gasteiger partial charge in [-0.3, -0.25) is 4.79 Å². The Hall–Kier alpha value is -0.480. The van der Waals surface area contributed by atoms with Gasteiger partial charge in [-0.15, -0.1) is 11.8 Å². The molecule has 1 aliphatic heterocycles. The molecule has 1 saturated heterocycles. The number of hydrogen-bond acceptors (Lipinski definition) is 4. The first-order valence-electron chi connectivity index (χ1n) is 5.96. The van der Waals surface area contributed by atoms with Gasteiger partial charge in [0, 0.05) is 25.1 Å². The Labute approximate surface area is 101 Å². The van der Waals surface area contributed by atoms with E-state index in [0.717, 1.165) is 57.6 Å². The average molecular weight is 241 g/mol. The zero-order valence-corrected chi connectivity index (χ0v) is 10.6. The van der Waals surface area contributed by atoms with E-state index in [0.29, 0.717) is 5.78 Å². The summed E-state index contributed by atoms with van der Waals surface area (Å²) in [7, 11) is 0. The molecule has 4 heteroatoms. The van der Waals surface area contributed by atoms with Gasteiger partial charge in [0.15, 0.2) is 5.78 Å². The van der Waals surface area contributed by atoms with Gasteiger partial charge in [0.05, 0.1) is 18.2 Å². The Morgan fingerprint density at radius 3 is 2.56 bits per heavy atom. The van der Waals surface area contributed by atoms with Crippen LogP contribution in [0.25, 0.3) is 0 Å². The van der Waals surface area contributed by atoms with Crippen molar-refractivity contribution in [2.24, 2.45) is 0 Å². The molecular weight excluding hydrogens is 222 g/mol. The van der Waals surface area contributed by atoms with Crippen molar-refractivity contribution in [3.8, 4) is 0 Å². The van der Waals surface area contributed by atoms with Gasteiger partial charge < -0.3 is 9.64 Å². The van der Waals surface area contributed by atoms with Crippen LogP contribution in [-0.4, -0.2) is 43.2 Å². The minimum atomic E-state index is 0.363. The van der Waals surface area contributed by atoms with Crippen molar-refractivity contribution < 1.29 is 9.53 Å². The summed E-state index contributed by atoms with van der Waals surface area (Å²) >= 11 is 1.72. The largest absolute Gasteiger partial charge is 0.378 e. The highest BCUT2D eigenvalue weighted by molar-refractivity contribution is 8.02. The van der Waals surface area contributed by atoms with Crippen LogP contribution in [0, 0.1) is 0 Å². The van der Waals surface area contributed by atoms with Crippen molar-refractivity contribution in [2.75, 3.05) is 32.6 Å². The van der Waals surface area contributed by atoms with Crippen LogP contribution in [0.15, 0.2) is 10.6 Å². The molecule has 0 aromatic carbocycles. The van der Waals surface area contributed by atoms with Gasteiger partial charge in [-0.1, -0.05) is 0 Å². The maximum absolute atomic E-state index is 11.9. The van der Waals surface area contributed by atoms with Crippen LogP contribution >= 0.6 is 11.8 Å². The van der Waals surface area contributed by atoms with Crippen molar-refractivity contribution in [3.05, 3.63) is 10.6 Å². The van der Waals surface area contributed by atoms with Crippen molar-refractivity contribution >= 4 is 17.5 Å².